The summed E-state index contributed by atoms with van der Waals surface area (Å²) in [4.78, 5) is 9.81. The Bertz CT molecular complexity index is 400. The first kappa shape index (κ1) is 12.3. The van der Waals surface area contributed by atoms with Gasteiger partial charge in [0.05, 0.1) is 4.92 Å². The molecule has 0 amide bonds. The molecule has 0 bridgehead atoms. The van der Waals surface area contributed by atoms with Crippen molar-refractivity contribution in [3.8, 4) is 5.75 Å². The Hall–Kier alpha value is -0.760. The van der Waals surface area contributed by atoms with E-state index in [4.69, 9.17) is 0 Å². The van der Waals surface area contributed by atoms with E-state index in [1.54, 1.807) is 0 Å². The Morgan fingerprint density at radius 3 is 2.47 bits per heavy atom. The molecule has 0 aliphatic heterocycles. The Kier molecular flexibility index (Phi) is 3.97. The van der Waals surface area contributed by atoms with Crippen LogP contribution in [-0.2, 0) is 0 Å². The molecule has 1 rings (SSSR count). The first-order valence-corrected chi connectivity index (χ1v) is 5.09. The number of rotatable bonds is 3. The molecule has 82 valence electrons. The van der Waals surface area contributed by atoms with Crippen molar-refractivity contribution in [2.75, 3.05) is 0 Å². The lowest BCUT2D eigenvalue weighted by molar-refractivity contribution is -0.387. The van der Waals surface area contributed by atoms with Crippen molar-refractivity contribution in [3.63, 3.8) is 0 Å². The van der Waals surface area contributed by atoms with Gasteiger partial charge in [0, 0.05) is 4.47 Å². The van der Waals surface area contributed by atoms with Crippen molar-refractivity contribution in [1.82, 2.24) is 0 Å². The monoisotopic (exact) mass is 345 g/mol. The highest BCUT2D eigenvalue weighted by atomic mass is 79.9. The van der Waals surface area contributed by atoms with Gasteiger partial charge in [-0.2, -0.15) is 8.78 Å². The molecule has 0 spiro atoms. The fourth-order valence-corrected chi connectivity index (χ4v) is 1.68. The molecule has 0 aliphatic rings. The number of nitrogens with zero attached hydrogens (tertiary/aromatic N) is 1. The van der Waals surface area contributed by atoms with E-state index in [0.29, 0.717) is 4.47 Å². The molecule has 0 atom stereocenters. The van der Waals surface area contributed by atoms with Crippen molar-refractivity contribution < 1.29 is 18.4 Å². The zero-order chi connectivity index (χ0) is 11.6. The second-order valence-electron chi connectivity index (χ2n) is 2.34. The Labute approximate surface area is 99.6 Å². The third-order valence-electron chi connectivity index (χ3n) is 1.43. The standard InChI is InChI=1S/C7H3Br2F2NO3/c8-3-1-2-4(15-7(10)11)6(5(3)9)12(13)14/h1-2,7H. The highest BCUT2D eigenvalue weighted by Gasteiger charge is 2.24. The number of halogens is 4. The van der Waals surface area contributed by atoms with Gasteiger partial charge in [-0.1, -0.05) is 0 Å². The van der Waals surface area contributed by atoms with E-state index in [1.807, 2.05) is 0 Å². The third kappa shape index (κ3) is 2.85. The van der Waals surface area contributed by atoms with E-state index < -0.39 is 23.0 Å². The fraction of sp³-hybridized carbons (Fsp3) is 0.143. The van der Waals surface area contributed by atoms with Gasteiger partial charge in [0.25, 0.3) is 0 Å². The second kappa shape index (κ2) is 4.84. The van der Waals surface area contributed by atoms with Crippen LogP contribution in [0.3, 0.4) is 0 Å². The number of ether oxygens (including phenoxy) is 1. The highest BCUT2D eigenvalue weighted by Crippen LogP contribution is 2.40. The lowest BCUT2D eigenvalue weighted by atomic mass is 10.3. The largest absolute Gasteiger partial charge is 0.427 e. The van der Waals surface area contributed by atoms with E-state index >= 15 is 0 Å². The molecule has 0 saturated heterocycles. The smallest absolute Gasteiger partial charge is 0.387 e. The molecular formula is C7H3Br2F2NO3. The Balaban J connectivity index is 3.27. The molecule has 0 saturated carbocycles. The molecule has 15 heavy (non-hydrogen) atoms. The van der Waals surface area contributed by atoms with Gasteiger partial charge in [-0.3, -0.25) is 10.1 Å². The topological polar surface area (TPSA) is 52.4 Å². The van der Waals surface area contributed by atoms with Crippen LogP contribution in [0.25, 0.3) is 0 Å². The molecule has 0 fully saturated rings. The summed E-state index contributed by atoms with van der Waals surface area (Å²) in [5.74, 6) is -0.481. The van der Waals surface area contributed by atoms with Crippen molar-refractivity contribution in [2.45, 2.75) is 6.61 Å². The normalized spacial score (nSPS) is 10.5. The maximum atomic E-state index is 11.9. The average molecular weight is 347 g/mol. The molecule has 1 aromatic carbocycles. The number of nitro benzene ring substituents is 1. The summed E-state index contributed by atoms with van der Waals surface area (Å²) in [6, 6.07) is 2.47. The van der Waals surface area contributed by atoms with E-state index in [-0.39, 0.29) is 4.47 Å². The number of alkyl halides is 2. The molecule has 8 heteroatoms. The number of hydrogen-bond acceptors (Lipinski definition) is 3. The first-order chi connectivity index (χ1) is 6.93. The molecule has 0 radical (unpaired) electrons. The summed E-state index contributed by atoms with van der Waals surface area (Å²) >= 11 is 5.93. The van der Waals surface area contributed by atoms with Crippen LogP contribution in [0.5, 0.6) is 5.75 Å². The van der Waals surface area contributed by atoms with Gasteiger partial charge < -0.3 is 4.74 Å². The molecule has 1 aromatic rings. The van der Waals surface area contributed by atoms with Gasteiger partial charge in [0.1, 0.15) is 4.47 Å². The van der Waals surface area contributed by atoms with Crippen LogP contribution in [0.2, 0.25) is 0 Å². The summed E-state index contributed by atoms with van der Waals surface area (Å²) in [6.45, 7) is -3.10. The van der Waals surface area contributed by atoms with Crippen LogP contribution in [0, 0.1) is 10.1 Å². The zero-order valence-corrected chi connectivity index (χ0v) is 10.1. The lowest BCUT2D eigenvalue weighted by Gasteiger charge is -2.06. The molecule has 0 N–H and O–H groups in total. The zero-order valence-electron chi connectivity index (χ0n) is 6.92. The quantitative estimate of drug-likeness (QED) is 0.619. The predicted octanol–water partition coefficient (Wildman–Crippen LogP) is 3.72. The maximum Gasteiger partial charge on any atom is 0.387 e. The summed E-state index contributed by atoms with van der Waals surface area (Å²) in [6.07, 6.45) is 0. The number of benzene rings is 1. The van der Waals surface area contributed by atoms with E-state index in [1.165, 1.54) is 6.07 Å². The Morgan fingerprint density at radius 1 is 1.40 bits per heavy atom. The Morgan fingerprint density at radius 2 is 2.00 bits per heavy atom. The third-order valence-corrected chi connectivity index (χ3v) is 3.43. The minimum absolute atomic E-state index is 0.0608. The maximum absolute atomic E-state index is 11.9. The van der Waals surface area contributed by atoms with Crippen LogP contribution in [-0.4, -0.2) is 11.5 Å². The van der Waals surface area contributed by atoms with Gasteiger partial charge in [-0.25, -0.2) is 0 Å². The van der Waals surface area contributed by atoms with Crippen molar-refractivity contribution in [1.29, 1.82) is 0 Å². The van der Waals surface area contributed by atoms with Gasteiger partial charge in [0.2, 0.25) is 5.75 Å². The van der Waals surface area contributed by atoms with Gasteiger partial charge >= 0.3 is 12.3 Å². The SMILES string of the molecule is O=[N+]([O-])c1c(OC(F)F)ccc(Br)c1Br. The molecule has 0 heterocycles. The minimum atomic E-state index is -3.10. The molecule has 4 nitrogen and oxygen atoms in total. The fourth-order valence-electron chi connectivity index (χ4n) is 0.883. The van der Waals surface area contributed by atoms with Gasteiger partial charge in [0.15, 0.2) is 0 Å². The minimum Gasteiger partial charge on any atom is -0.427 e. The second-order valence-corrected chi connectivity index (χ2v) is 3.99. The predicted molar refractivity (Wildman–Crippen MR) is 55.1 cm³/mol. The summed E-state index contributed by atoms with van der Waals surface area (Å²) in [5, 5.41) is 10.6. The van der Waals surface area contributed by atoms with E-state index in [0.717, 1.165) is 6.07 Å². The van der Waals surface area contributed by atoms with Crippen molar-refractivity contribution >= 4 is 37.5 Å². The molecular weight excluding hydrogens is 344 g/mol. The molecule has 0 aromatic heterocycles. The van der Waals surface area contributed by atoms with E-state index in [9.17, 15) is 18.9 Å². The summed E-state index contributed by atoms with van der Waals surface area (Å²) in [7, 11) is 0. The first-order valence-electron chi connectivity index (χ1n) is 3.50. The van der Waals surface area contributed by atoms with Crippen molar-refractivity contribution in [2.24, 2.45) is 0 Å². The number of hydrogen-bond donors (Lipinski definition) is 0. The van der Waals surface area contributed by atoms with Crippen LogP contribution in [0.15, 0.2) is 21.1 Å². The highest BCUT2D eigenvalue weighted by molar-refractivity contribution is 9.13. The van der Waals surface area contributed by atoms with E-state index in [2.05, 4.69) is 36.6 Å². The average Bonchev–Trinajstić information content (AvgIpc) is 2.10. The van der Waals surface area contributed by atoms with Crippen LogP contribution in [0.4, 0.5) is 14.5 Å². The van der Waals surface area contributed by atoms with Crippen LogP contribution < -0.4 is 4.74 Å². The van der Waals surface area contributed by atoms with Gasteiger partial charge in [-0.15, -0.1) is 0 Å². The van der Waals surface area contributed by atoms with Crippen LogP contribution >= 0.6 is 31.9 Å². The molecule has 0 aliphatic carbocycles. The summed E-state index contributed by atoms with van der Waals surface area (Å²) < 4.78 is 28.3. The van der Waals surface area contributed by atoms with Gasteiger partial charge in [-0.05, 0) is 44.0 Å². The molecule has 0 unspecified atom stereocenters. The lowest BCUT2D eigenvalue weighted by Crippen LogP contribution is -2.05. The van der Waals surface area contributed by atoms with Crippen LogP contribution in [0.1, 0.15) is 0 Å². The van der Waals surface area contributed by atoms with Crippen molar-refractivity contribution in [3.05, 3.63) is 31.2 Å². The number of nitro groups is 1. The summed E-state index contributed by atoms with van der Waals surface area (Å²) in [5.41, 5.74) is -0.537.